The van der Waals surface area contributed by atoms with E-state index in [1.165, 1.54) is 16.9 Å². The van der Waals surface area contributed by atoms with Crippen LogP contribution in [0.15, 0.2) is 36.3 Å². The highest BCUT2D eigenvalue weighted by Gasteiger charge is 2.13. The maximum absolute atomic E-state index is 12.1. The van der Waals surface area contributed by atoms with Gasteiger partial charge in [-0.3, -0.25) is 4.79 Å². The Morgan fingerprint density at radius 1 is 1.26 bits per heavy atom. The molecule has 2 aromatic rings. The van der Waals surface area contributed by atoms with Gasteiger partial charge in [0.15, 0.2) is 10.8 Å². The van der Waals surface area contributed by atoms with Gasteiger partial charge in [0.05, 0.1) is 6.20 Å². The molecule has 0 spiro atoms. The molecule has 1 aliphatic heterocycles. The molecule has 0 fully saturated rings. The number of carbonyl (C=O) groups is 1. The molecule has 0 aromatic carbocycles. The number of hydrogen-bond acceptors (Lipinski definition) is 6. The molecular formula is C14H17Cl2N5OS. The standard InChI is InChI=1S/C14H15N5OS.2ClH/c20-13(18-8-10-2-6-15-7-3-10)11-9-19-14(21-11)12-16-4-1-5-17-12;;/h1-2,4-5,9,15H,3,6-8H2,(H,18,20);2*1H. The van der Waals surface area contributed by atoms with Crippen LogP contribution >= 0.6 is 36.2 Å². The van der Waals surface area contributed by atoms with Crippen molar-refractivity contribution in [3.63, 3.8) is 0 Å². The summed E-state index contributed by atoms with van der Waals surface area (Å²) in [4.78, 5) is 25.2. The van der Waals surface area contributed by atoms with Crippen LogP contribution in [0.2, 0.25) is 0 Å². The van der Waals surface area contributed by atoms with E-state index in [9.17, 15) is 4.79 Å². The predicted molar refractivity (Wildman–Crippen MR) is 95.5 cm³/mol. The summed E-state index contributed by atoms with van der Waals surface area (Å²) in [7, 11) is 0. The molecule has 3 rings (SSSR count). The highest BCUT2D eigenvalue weighted by atomic mass is 35.5. The summed E-state index contributed by atoms with van der Waals surface area (Å²) in [5.41, 5.74) is 1.26. The van der Waals surface area contributed by atoms with Crippen molar-refractivity contribution in [2.24, 2.45) is 0 Å². The second-order valence-corrected chi connectivity index (χ2v) is 5.63. The van der Waals surface area contributed by atoms with E-state index in [1.54, 1.807) is 24.7 Å². The minimum absolute atomic E-state index is 0. The zero-order valence-electron chi connectivity index (χ0n) is 12.2. The third-order valence-corrected chi connectivity index (χ3v) is 4.11. The molecule has 0 aliphatic carbocycles. The van der Waals surface area contributed by atoms with Gasteiger partial charge in [-0.25, -0.2) is 15.0 Å². The van der Waals surface area contributed by atoms with Crippen molar-refractivity contribution in [1.82, 2.24) is 25.6 Å². The lowest BCUT2D eigenvalue weighted by molar-refractivity contribution is 0.0960. The Bertz CT molecular complexity index is 662. The van der Waals surface area contributed by atoms with Crippen molar-refractivity contribution in [2.45, 2.75) is 6.42 Å². The summed E-state index contributed by atoms with van der Waals surface area (Å²) in [6.07, 6.45) is 7.99. The molecule has 0 saturated carbocycles. The first kappa shape index (κ1) is 19.5. The fourth-order valence-corrected chi connectivity index (χ4v) is 2.78. The lowest BCUT2D eigenvalue weighted by Gasteiger charge is -2.14. The van der Waals surface area contributed by atoms with E-state index < -0.39 is 0 Å². The third kappa shape index (κ3) is 5.24. The molecular weight excluding hydrogens is 357 g/mol. The molecule has 6 nitrogen and oxygen atoms in total. The Hall–Kier alpha value is -1.54. The van der Waals surface area contributed by atoms with Gasteiger partial charge >= 0.3 is 0 Å². The molecule has 3 heterocycles. The third-order valence-electron chi connectivity index (χ3n) is 3.12. The minimum atomic E-state index is -0.103. The molecule has 0 bridgehead atoms. The van der Waals surface area contributed by atoms with E-state index >= 15 is 0 Å². The quantitative estimate of drug-likeness (QED) is 0.802. The first-order valence-electron chi connectivity index (χ1n) is 6.73. The van der Waals surface area contributed by atoms with Crippen molar-refractivity contribution < 1.29 is 4.79 Å². The number of thiazole rings is 1. The fraction of sp³-hybridized carbons (Fsp3) is 0.286. The number of nitrogens with one attached hydrogen (secondary N) is 2. The number of carbonyl (C=O) groups excluding carboxylic acids is 1. The van der Waals surface area contributed by atoms with E-state index in [0.717, 1.165) is 19.5 Å². The molecule has 2 N–H and O–H groups in total. The fourth-order valence-electron chi connectivity index (χ4n) is 2.00. The zero-order valence-corrected chi connectivity index (χ0v) is 14.6. The number of nitrogens with zero attached hydrogens (tertiary/aromatic N) is 3. The average Bonchev–Trinajstić information content (AvgIpc) is 3.04. The van der Waals surface area contributed by atoms with Crippen molar-refractivity contribution in [3.05, 3.63) is 41.2 Å². The summed E-state index contributed by atoms with van der Waals surface area (Å²) in [6, 6.07) is 1.75. The average molecular weight is 374 g/mol. The number of halogens is 2. The molecule has 124 valence electrons. The Kier molecular flexibility index (Phi) is 8.11. The first-order valence-corrected chi connectivity index (χ1v) is 7.54. The van der Waals surface area contributed by atoms with Crippen LogP contribution in [0.5, 0.6) is 0 Å². The summed E-state index contributed by atoms with van der Waals surface area (Å²) in [5, 5.41) is 6.83. The first-order chi connectivity index (χ1) is 10.3. The van der Waals surface area contributed by atoms with Crippen LogP contribution in [0.25, 0.3) is 10.8 Å². The van der Waals surface area contributed by atoms with Crippen molar-refractivity contribution >= 4 is 42.1 Å². The van der Waals surface area contributed by atoms with Crippen molar-refractivity contribution in [3.8, 4) is 10.8 Å². The lowest BCUT2D eigenvalue weighted by Crippen LogP contribution is -2.29. The maximum atomic E-state index is 12.1. The monoisotopic (exact) mass is 373 g/mol. The van der Waals surface area contributed by atoms with Crippen LogP contribution < -0.4 is 10.6 Å². The predicted octanol–water partition coefficient (Wildman–Crippen LogP) is 2.09. The van der Waals surface area contributed by atoms with Crippen LogP contribution in [0, 0.1) is 0 Å². The summed E-state index contributed by atoms with van der Waals surface area (Å²) < 4.78 is 0. The molecule has 9 heteroatoms. The topological polar surface area (TPSA) is 79.8 Å². The van der Waals surface area contributed by atoms with Crippen LogP contribution in [0.4, 0.5) is 0 Å². The summed E-state index contributed by atoms with van der Waals surface area (Å²) in [5.74, 6) is 0.441. The summed E-state index contributed by atoms with van der Waals surface area (Å²) >= 11 is 1.30. The Balaban J connectivity index is 0.00000132. The van der Waals surface area contributed by atoms with Crippen LogP contribution in [-0.2, 0) is 0 Å². The number of amides is 1. The van der Waals surface area contributed by atoms with Gasteiger partial charge in [0, 0.05) is 25.5 Å². The molecule has 0 radical (unpaired) electrons. The normalized spacial score (nSPS) is 13.3. The minimum Gasteiger partial charge on any atom is -0.348 e. The number of rotatable bonds is 4. The largest absolute Gasteiger partial charge is 0.348 e. The van der Waals surface area contributed by atoms with Crippen LogP contribution in [0.1, 0.15) is 16.1 Å². The molecule has 1 aliphatic rings. The van der Waals surface area contributed by atoms with Gasteiger partial charge < -0.3 is 10.6 Å². The zero-order chi connectivity index (χ0) is 14.5. The smallest absolute Gasteiger partial charge is 0.263 e. The second kappa shape index (κ2) is 9.57. The van der Waals surface area contributed by atoms with E-state index in [-0.39, 0.29) is 30.7 Å². The van der Waals surface area contributed by atoms with Crippen molar-refractivity contribution in [1.29, 1.82) is 0 Å². The van der Waals surface area contributed by atoms with Gasteiger partial charge in [-0.2, -0.15) is 0 Å². The second-order valence-electron chi connectivity index (χ2n) is 4.60. The van der Waals surface area contributed by atoms with Crippen LogP contribution in [0.3, 0.4) is 0 Å². The Labute approximate surface area is 150 Å². The van der Waals surface area contributed by atoms with Gasteiger partial charge in [-0.15, -0.1) is 36.2 Å². The highest BCUT2D eigenvalue weighted by Crippen LogP contribution is 2.21. The van der Waals surface area contributed by atoms with Gasteiger partial charge in [0.1, 0.15) is 4.88 Å². The lowest BCUT2D eigenvalue weighted by atomic mass is 10.1. The van der Waals surface area contributed by atoms with Crippen LogP contribution in [-0.4, -0.2) is 40.5 Å². The van der Waals surface area contributed by atoms with Gasteiger partial charge in [0.25, 0.3) is 5.91 Å². The number of aromatic nitrogens is 3. The molecule has 23 heavy (non-hydrogen) atoms. The van der Waals surface area contributed by atoms with Gasteiger partial charge in [-0.05, 0) is 19.0 Å². The van der Waals surface area contributed by atoms with Gasteiger partial charge in [0.2, 0.25) is 0 Å². The summed E-state index contributed by atoms with van der Waals surface area (Å²) in [6.45, 7) is 2.44. The molecule has 0 saturated heterocycles. The van der Waals surface area contributed by atoms with E-state index in [2.05, 4.69) is 31.7 Å². The van der Waals surface area contributed by atoms with E-state index in [4.69, 9.17) is 0 Å². The SMILES string of the molecule is Cl.Cl.O=C(NCC1=CCNCC1)c1cnc(-c2ncccn2)s1. The van der Waals surface area contributed by atoms with E-state index in [0.29, 0.717) is 22.3 Å². The highest BCUT2D eigenvalue weighted by molar-refractivity contribution is 7.16. The molecule has 2 aromatic heterocycles. The van der Waals surface area contributed by atoms with E-state index in [1.807, 2.05) is 0 Å². The number of hydrogen-bond donors (Lipinski definition) is 2. The molecule has 1 amide bonds. The molecule has 0 atom stereocenters. The Morgan fingerprint density at radius 2 is 2.04 bits per heavy atom. The van der Waals surface area contributed by atoms with Gasteiger partial charge in [-0.1, -0.05) is 11.6 Å². The maximum Gasteiger partial charge on any atom is 0.263 e. The Morgan fingerprint density at radius 3 is 2.74 bits per heavy atom. The molecule has 0 unspecified atom stereocenters. The van der Waals surface area contributed by atoms with Crippen molar-refractivity contribution in [2.75, 3.05) is 19.6 Å².